The Balaban J connectivity index is 1.79. The molecule has 0 radical (unpaired) electrons. The van der Waals surface area contributed by atoms with Crippen LogP contribution in [0.3, 0.4) is 0 Å². The molecule has 0 spiro atoms. The van der Waals surface area contributed by atoms with Crippen LogP contribution in [-0.2, 0) is 0 Å². The summed E-state index contributed by atoms with van der Waals surface area (Å²) in [7, 11) is 0. The molecule has 0 fully saturated rings. The van der Waals surface area contributed by atoms with Gasteiger partial charge in [-0.25, -0.2) is 0 Å². The zero-order valence-corrected chi connectivity index (χ0v) is 11.8. The number of rotatable bonds is 5. The lowest BCUT2D eigenvalue weighted by Crippen LogP contribution is -2.24. The minimum absolute atomic E-state index is 0.343. The first-order valence-corrected chi connectivity index (χ1v) is 7.35. The second-order valence-corrected chi connectivity index (χ2v) is 5.27. The van der Waals surface area contributed by atoms with Crippen LogP contribution < -0.4 is 10.1 Å². The molecule has 106 valence electrons. The molecule has 3 heteroatoms. The first-order chi connectivity index (χ1) is 9.88. The van der Waals surface area contributed by atoms with E-state index in [2.05, 4.69) is 36.5 Å². The molecule has 2 aromatic rings. The largest absolute Gasteiger partial charge is 0.493 e. The Labute approximate surface area is 119 Å². The average Bonchev–Trinajstić information content (AvgIpc) is 3.01. The van der Waals surface area contributed by atoms with E-state index < -0.39 is 0 Å². The Morgan fingerprint density at radius 3 is 3.00 bits per heavy atom. The molecule has 1 aliphatic rings. The van der Waals surface area contributed by atoms with E-state index in [4.69, 9.17) is 9.15 Å². The normalized spacial score (nSPS) is 19.1. The molecule has 0 amide bonds. The van der Waals surface area contributed by atoms with Gasteiger partial charge in [-0.3, -0.25) is 0 Å². The third-order valence-corrected chi connectivity index (χ3v) is 4.00. The number of para-hydroxylation sites is 1. The fourth-order valence-electron chi connectivity index (χ4n) is 3.00. The molecule has 1 N–H and O–H groups in total. The minimum atomic E-state index is 0.343. The number of hydrogen-bond donors (Lipinski definition) is 1. The number of ether oxygens (including phenoxy) is 1. The first-order valence-electron chi connectivity index (χ1n) is 7.35. The third-order valence-electron chi connectivity index (χ3n) is 4.00. The zero-order valence-electron chi connectivity index (χ0n) is 11.8. The molecule has 1 aromatic heterocycles. The van der Waals surface area contributed by atoms with E-state index in [-0.39, 0.29) is 0 Å². The monoisotopic (exact) mass is 271 g/mol. The SMILES string of the molecule is CCNC(CC1CCOc2ccccc21)c1ccoc1. The van der Waals surface area contributed by atoms with Crippen molar-refractivity contribution < 1.29 is 9.15 Å². The van der Waals surface area contributed by atoms with Gasteiger partial charge in [0.05, 0.1) is 19.1 Å². The van der Waals surface area contributed by atoms with E-state index in [1.165, 1.54) is 11.1 Å². The summed E-state index contributed by atoms with van der Waals surface area (Å²) in [6.45, 7) is 3.91. The summed E-state index contributed by atoms with van der Waals surface area (Å²) >= 11 is 0. The molecular formula is C17H21NO2. The van der Waals surface area contributed by atoms with Crippen molar-refractivity contribution in [2.45, 2.75) is 31.7 Å². The molecule has 0 saturated carbocycles. The van der Waals surface area contributed by atoms with Gasteiger partial charge >= 0.3 is 0 Å². The van der Waals surface area contributed by atoms with E-state index in [1.807, 2.05) is 12.3 Å². The van der Waals surface area contributed by atoms with Crippen molar-refractivity contribution >= 4 is 0 Å². The predicted molar refractivity (Wildman–Crippen MR) is 79.0 cm³/mol. The fraction of sp³-hybridized carbons (Fsp3) is 0.412. The van der Waals surface area contributed by atoms with Gasteiger partial charge < -0.3 is 14.5 Å². The van der Waals surface area contributed by atoms with Crippen molar-refractivity contribution in [1.29, 1.82) is 0 Å². The second kappa shape index (κ2) is 6.14. The number of hydrogen-bond acceptors (Lipinski definition) is 3. The minimum Gasteiger partial charge on any atom is -0.493 e. The summed E-state index contributed by atoms with van der Waals surface area (Å²) in [4.78, 5) is 0. The molecule has 2 atom stereocenters. The molecule has 3 rings (SSSR count). The first kappa shape index (κ1) is 13.3. The standard InChI is InChI=1S/C17H21NO2/c1-2-18-16(14-7-9-19-12-14)11-13-8-10-20-17-6-4-3-5-15(13)17/h3-7,9,12-13,16,18H,2,8,10-11H2,1H3. The van der Waals surface area contributed by atoms with Gasteiger partial charge in [-0.05, 0) is 43.0 Å². The van der Waals surface area contributed by atoms with E-state index in [1.54, 1.807) is 6.26 Å². The van der Waals surface area contributed by atoms with Crippen molar-refractivity contribution in [1.82, 2.24) is 5.32 Å². The van der Waals surface area contributed by atoms with Crippen molar-refractivity contribution in [3.8, 4) is 5.75 Å². The lowest BCUT2D eigenvalue weighted by Gasteiger charge is -2.29. The summed E-state index contributed by atoms with van der Waals surface area (Å²) in [5.74, 6) is 1.59. The van der Waals surface area contributed by atoms with Crippen LogP contribution in [0.4, 0.5) is 0 Å². The summed E-state index contributed by atoms with van der Waals surface area (Å²) in [6, 6.07) is 10.8. The maximum atomic E-state index is 5.75. The van der Waals surface area contributed by atoms with E-state index >= 15 is 0 Å². The molecule has 0 saturated heterocycles. The van der Waals surface area contributed by atoms with Gasteiger partial charge in [-0.2, -0.15) is 0 Å². The van der Waals surface area contributed by atoms with Crippen LogP contribution in [0.1, 0.15) is 42.9 Å². The van der Waals surface area contributed by atoms with Gasteiger partial charge in [0.25, 0.3) is 0 Å². The van der Waals surface area contributed by atoms with Crippen LogP contribution in [0, 0.1) is 0 Å². The third kappa shape index (κ3) is 2.73. The molecule has 20 heavy (non-hydrogen) atoms. The summed E-state index contributed by atoms with van der Waals surface area (Å²) < 4.78 is 11.0. The molecule has 0 aliphatic carbocycles. The van der Waals surface area contributed by atoms with Gasteiger partial charge in [0, 0.05) is 11.6 Å². The average molecular weight is 271 g/mol. The summed E-state index contributed by atoms with van der Waals surface area (Å²) in [5, 5.41) is 3.56. The van der Waals surface area contributed by atoms with Crippen molar-refractivity contribution in [2.24, 2.45) is 0 Å². The van der Waals surface area contributed by atoms with Crippen molar-refractivity contribution in [3.63, 3.8) is 0 Å². The van der Waals surface area contributed by atoms with Gasteiger partial charge in [0.15, 0.2) is 0 Å². The van der Waals surface area contributed by atoms with E-state index in [9.17, 15) is 0 Å². The maximum absolute atomic E-state index is 5.75. The lowest BCUT2D eigenvalue weighted by atomic mass is 9.86. The van der Waals surface area contributed by atoms with Gasteiger partial charge in [0.1, 0.15) is 5.75 Å². The summed E-state index contributed by atoms with van der Waals surface area (Å²) in [6.07, 6.45) is 5.75. The van der Waals surface area contributed by atoms with Crippen LogP contribution >= 0.6 is 0 Å². The Bertz CT molecular complexity index is 536. The molecule has 3 nitrogen and oxygen atoms in total. The highest BCUT2D eigenvalue weighted by molar-refractivity contribution is 5.38. The molecular weight excluding hydrogens is 250 g/mol. The Kier molecular flexibility index (Phi) is 4.07. The molecule has 1 aromatic carbocycles. The van der Waals surface area contributed by atoms with Crippen molar-refractivity contribution in [3.05, 3.63) is 54.0 Å². The van der Waals surface area contributed by atoms with Gasteiger partial charge in [-0.15, -0.1) is 0 Å². The van der Waals surface area contributed by atoms with E-state index in [0.717, 1.165) is 31.7 Å². The fourth-order valence-corrected chi connectivity index (χ4v) is 3.00. The van der Waals surface area contributed by atoms with Gasteiger partial charge in [-0.1, -0.05) is 25.1 Å². The highest BCUT2D eigenvalue weighted by atomic mass is 16.5. The highest BCUT2D eigenvalue weighted by Gasteiger charge is 2.25. The lowest BCUT2D eigenvalue weighted by molar-refractivity contribution is 0.255. The molecule has 2 unspecified atom stereocenters. The number of furan rings is 1. The Morgan fingerprint density at radius 2 is 2.20 bits per heavy atom. The van der Waals surface area contributed by atoms with E-state index in [0.29, 0.717) is 12.0 Å². The smallest absolute Gasteiger partial charge is 0.122 e. The van der Waals surface area contributed by atoms with Crippen molar-refractivity contribution in [2.75, 3.05) is 13.2 Å². The van der Waals surface area contributed by atoms with Gasteiger partial charge in [0.2, 0.25) is 0 Å². The predicted octanol–water partition coefficient (Wildman–Crippen LogP) is 3.89. The quantitative estimate of drug-likeness (QED) is 0.896. The zero-order chi connectivity index (χ0) is 13.8. The van der Waals surface area contributed by atoms with Crippen LogP contribution in [0.5, 0.6) is 5.75 Å². The second-order valence-electron chi connectivity index (χ2n) is 5.27. The van der Waals surface area contributed by atoms with Crippen LogP contribution in [0.15, 0.2) is 47.3 Å². The number of nitrogens with one attached hydrogen (secondary N) is 1. The topological polar surface area (TPSA) is 34.4 Å². The molecule has 1 aliphatic heterocycles. The highest BCUT2D eigenvalue weighted by Crippen LogP contribution is 2.38. The molecule has 0 bridgehead atoms. The maximum Gasteiger partial charge on any atom is 0.122 e. The summed E-state index contributed by atoms with van der Waals surface area (Å²) in [5.41, 5.74) is 2.57. The van der Waals surface area contributed by atoms with Crippen LogP contribution in [-0.4, -0.2) is 13.2 Å². The molecule has 2 heterocycles. The van der Waals surface area contributed by atoms with Crippen LogP contribution in [0.25, 0.3) is 0 Å². The van der Waals surface area contributed by atoms with Crippen LogP contribution in [0.2, 0.25) is 0 Å². The number of fused-ring (bicyclic) bond motifs is 1. The Morgan fingerprint density at radius 1 is 1.30 bits per heavy atom. The Hall–Kier alpha value is -1.74. The number of benzene rings is 1.